The zero-order valence-electron chi connectivity index (χ0n) is 17.9. The molecule has 1 aromatic carbocycles. The number of nitrogens with one attached hydrogen (secondary N) is 1. The van der Waals surface area contributed by atoms with Crippen molar-refractivity contribution in [2.75, 3.05) is 39.0 Å². The summed E-state index contributed by atoms with van der Waals surface area (Å²) in [7, 11) is 3.74. The number of anilines is 1. The number of nitrogens with zero attached hydrogens (tertiary/aromatic N) is 2. The number of benzene rings is 1. The van der Waals surface area contributed by atoms with Crippen molar-refractivity contribution in [3.05, 3.63) is 52.6 Å². The Kier molecular flexibility index (Phi) is 7.51. The van der Waals surface area contributed by atoms with Gasteiger partial charge in [-0.05, 0) is 49.1 Å². The number of amides is 1. The van der Waals surface area contributed by atoms with Gasteiger partial charge in [-0.15, -0.1) is 11.6 Å². The summed E-state index contributed by atoms with van der Waals surface area (Å²) in [4.78, 5) is 16.6. The van der Waals surface area contributed by atoms with Crippen LogP contribution in [0.2, 0.25) is 0 Å². The second-order valence-corrected chi connectivity index (χ2v) is 9.69. The standard InChI is InChI=1S/C23H31Cl2N3O2/c1-23(25)9-7-16(11-21(23)24)12-22(30)27(3)20(15-28-10-8-19(29)14-28)17-5-4-6-18(13-17)26-2/h4-7,11,13,19-20,26,29H,8-10,12,14-15H2,1-3H3/t19-,20+,23?/m0/s1. The Bertz CT molecular complexity index is 837. The predicted molar refractivity (Wildman–Crippen MR) is 124 cm³/mol. The van der Waals surface area contributed by atoms with Gasteiger partial charge < -0.3 is 15.3 Å². The minimum Gasteiger partial charge on any atom is -0.392 e. The summed E-state index contributed by atoms with van der Waals surface area (Å²) < 4.78 is 0. The number of likely N-dealkylation sites (tertiary alicyclic amines) is 1. The first-order valence-electron chi connectivity index (χ1n) is 10.4. The van der Waals surface area contributed by atoms with E-state index < -0.39 is 4.87 Å². The number of carbonyl (C=O) groups excluding carboxylic acids is 1. The highest BCUT2D eigenvalue weighted by molar-refractivity contribution is 6.39. The Labute approximate surface area is 189 Å². The van der Waals surface area contributed by atoms with Gasteiger partial charge in [-0.1, -0.05) is 29.8 Å². The van der Waals surface area contributed by atoms with Gasteiger partial charge in [0, 0.05) is 44.4 Å². The molecule has 0 saturated carbocycles. The third-order valence-corrected chi connectivity index (χ3v) is 6.99. The van der Waals surface area contributed by atoms with Crippen molar-refractivity contribution in [1.29, 1.82) is 0 Å². The second kappa shape index (κ2) is 9.73. The molecule has 1 fully saturated rings. The molecule has 3 atom stereocenters. The maximum atomic E-state index is 13.2. The molecule has 0 aromatic heterocycles. The number of allylic oxidation sites excluding steroid dienone is 3. The average molecular weight is 452 g/mol. The number of carbonyl (C=O) groups is 1. The van der Waals surface area contributed by atoms with Gasteiger partial charge in [-0.25, -0.2) is 0 Å². The van der Waals surface area contributed by atoms with Crippen LogP contribution in [0.3, 0.4) is 0 Å². The first-order valence-corrected chi connectivity index (χ1v) is 11.1. The smallest absolute Gasteiger partial charge is 0.227 e. The van der Waals surface area contributed by atoms with Crippen molar-refractivity contribution in [2.24, 2.45) is 0 Å². The van der Waals surface area contributed by atoms with Crippen molar-refractivity contribution in [1.82, 2.24) is 9.80 Å². The summed E-state index contributed by atoms with van der Waals surface area (Å²) in [5.41, 5.74) is 2.97. The molecule has 1 aromatic rings. The summed E-state index contributed by atoms with van der Waals surface area (Å²) in [6.07, 6.45) is 5.18. The summed E-state index contributed by atoms with van der Waals surface area (Å²) >= 11 is 12.7. The van der Waals surface area contributed by atoms with E-state index in [-0.39, 0.29) is 24.5 Å². The van der Waals surface area contributed by atoms with E-state index in [1.54, 1.807) is 0 Å². The topological polar surface area (TPSA) is 55.8 Å². The highest BCUT2D eigenvalue weighted by atomic mass is 35.5. The normalized spacial score (nSPS) is 25.5. The highest BCUT2D eigenvalue weighted by Crippen LogP contribution is 2.37. The van der Waals surface area contributed by atoms with Crippen LogP contribution in [0.4, 0.5) is 5.69 Å². The van der Waals surface area contributed by atoms with Gasteiger partial charge in [0.15, 0.2) is 0 Å². The Balaban J connectivity index is 1.78. The second-order valence-electron chi connectivity index (χ2n) is 8.45. The van der Waals surface area contributed by atoms with Gasteiger partial charge in [0.1, 0.15) is 0 Å². The van der Waals surface area contributed by atoms with Crippen LogP contribution in [0.1, 0.15) is 37.8 Å². The first-order chi connectivity index (χ1) is 14.2. The SMILES string of the molecule is CNc1cccc([C@@H](CN2CC[C@H](O)C2)N(C)C(=O)CC2=CCC(C)(Cl)C(Cl)=C2)c1. The molecule has 1 amide bonds. The molecule has 1 aliphatic carbocycles. The molecular formula is C23H31Cl2N3O2. The van der Waals surface area contributed by atoms with Crippen molar-refractivity contribution in [3.8, 4) is 0 Å². The lowest BCUT2D eigenvalue weighted by Gasteiger charge is -2.33. The number of aliphatic hydroxyl groups is 1. The van der Waals surface area contributed by atoms with Crippen LogP contribution in [0, 0.1) is 0 Å². The number of hydrogen-bond donors (Lipinski definition) is 2. The fraction of sp³-hybridized carbons (Fsp3) is 0.522. The molecule has 0 bridgehead atoms. The molecule has 30 heavy (non-hydrogen) atoms. The highest BCUT2D eigenvalue weighted by Gasteiger charge is 2.30. The Hall–Kier alpha value is -1.53. The largest absolute Gasteiger partial charge is 0.392 e. The summed E-state index contributed by atoms with van der Waals surface area (Å²) in [5, 5.41) is 13.7. The third kappa shape index (κ3) is 5.58. The van der Waals surface area contributed by atoms with E-state index in [2.05, 4.69) is 22.3 Å². The number of aliphatic hydroxyl groups excluding tert-OH is 1. The lowest BCUT2D eigenvalue weighted by atomic mass is 9.95. The molecule has 1 saturated heterocycles. The quantitative estimate of drug-likeness (QED) is 0.611. The monoisotopic (exact) mass is 451 g/mol. The lowest BCUT2D eigenvalue weighted by molar-refractivity contribution is -0.131. The Morgan fingerprint density at radius 2 is 2.23 bits per heavy atom. The average Bonchev–Trinajstić information content (AvgIpc) is 3.13. The number of rotatable bonds is 7. The number of halogens is 2. The van der Waals surface area contributed by atoms with Gasteiger partial charge in [0.05, 0.1) is 23.4 Å². The molecular weight excluding hydrogens is 421 g/mol. The van der Waals surface area contributed by atoms with Gasteiger partial charge in [0.25, 0.3) is 0 Å². The van der Waals surface area contributed by atoms with Crippen molar-refractivity contribution in [3.63, 3.8) is 0 Å². The Morgan fingerprint density at radius 1 is 1.47 bits per heavy atom. The van der Waals surface area contributed by atoms with Gasteiger partial charge in [-0.2, -0.15) is 0 Å². The van der Waals surface area contributed by atoms with E-state index in [4.69, 9.17) is 23.2 Å². The molecule has 0 radical (unpaired) electrons. The number of likely N-dealkylation sites (N-methyl/N-ethyl adjacent to an activating group) is 1. The summed E-state index contributed by atoms with van der Waals surface area (Å²) in [6.45, 7) is 4.04. The molecule has 2 N–H and O–H groups in total. The van der Waals surface area contributed by atoms with E-state index in [9.17, 15) is 9.90 Å². The van der Waals surface area contributed by atoms with Crippen LogP contribution < -0.4 is 5.32 Å². The van der Waals surface area contributed by atoms with Crippen molar-refractivity contribution in [2.45, 2.75) is 43.2 Å². The minimum atomic E-state index is -0.591. The summed E-state index contributed by atoms with van der Waals surface area (Å²) in [5.74, 6) is 0.0275. The van der Waals surface area contributed by atoms with Gasteiger partial charge in [-0.3, -0.25) is 9.69 Å². The molecule has 3 rings (SSSR count). The first kappa shape index (κ1) is 23.1. The van der Waals surface area contributed by atoms with Crippen LogP contribution in [0.25, 0.3) is 0 Å². The van der Waals surface area contributed by atoms with Gasteiger partial charge >= 0.3 is 0 Å². The summed E-state index contributed by atoms with van der Waals surface area (Å²) in [6, 6.07) is 8.02. The van der Waals surface area contributed by atoms with Crippen LogP contribution in [0.15, 0.2) is 47.0 Å². The van der Waals surface area contributed by atoms with Crippen LogP contribution in [-0.2, 0) is 4.79 Å². The minimum absolute atomic E-state index is 0.0275. The zero-order chi connectivity index (χ0) is 21.9. The molecule has 1 aliphatic heterocycles. The van der Waals surface area contributed by atoms with E-state index in [1.165, 1.54) is 0 Å². The van der Waals surface area contributed by atoms with Crippen LogP contribution in [0.5, 0.6) is 0 Å². The molecule has 1 unspecified atom stereocenters. The van der Waals surface area contributed by atoms with Crippen LogP contribution >= 0.6 is 23.2 Å². The van der Waals surface area contributed by atoms with Crippen molar-refractivity contribution >= 4 is 34.8 Å². The van der Waals surface area contributed by atoms with Crippen LogP contribution in [-0.4, -0.2) is 65.5 Å². The fourth-order valence-corrected chi connectivity index (χ4v) is 4.31. The molecule has 7 heteroatoms. The molecule has 5 nitrogen and oxygen atoms in total. The number of β-amino-alcohol motifs (C(OH)–C–C–N with tert-alkyl or cyclic N) is 1. The number of alkyl halides is 1. The Morgan fingerprint density at radius 3 is 2.87 bits per heavy atom. The van der Waals surface area contributed by atoms with E-state index in [0.717, 1.165) is 29.8 Å². The van der Waals surface area contributed by atoms with E-state index >= 15 is 0 Å². The van der Waals surface area contributed by atoms with Gasteiger partial charge in [0.2, 0.25) is 5.91 Å². The van der Waals surface area contributed by atoms with Crippen molar-refractivity contribution < 1.29 is 9.90 Å². The van der Waals surface area contributed by atoms with E-state index in [1.807, 2.05) is 50.2 Å². The third-order valence-electron chi connectivity index (χ3n) is 6.01. The molecule has 0 spiro atoms. The number of hydrogen-bond acceptors (Lipinski definition) is 4. The van der Waals surface area contributed by atoms with E-state index in [0.29, 0.717) is 24.5 Å². The maximum Gasteiger partial charge on any atom is 0.227 e. The predicted octanol–water partition coefficient (Wildman–Crippen LogP) is 4.13. The molecule has 164 valence electrons. The fourth-order valence-electron chi connectivity index (χ4n) is 3.96. The maximum absolute atomic E-state index is 13.2. The lowest BCUT2D eigenvalue weighted by Crippen LogP contribution is -2.39. The zero-order valence-corrected chi connectivity index (χ0v) is 19.4. The molecule has 2 aliphatic rings. The molecule has 1 heterocycles.